The van der Waals surface area contributed by atoms with Crippen molar-refractivity contribution in [3.05, 3.63) is 67.6 Å². The van der Waals surface area contributed by atoms with E-state index in [2.05, 4.69) is 21.2 Å². The lowest BCUT2D eigenvalue weighted by molar-refractivity contribution is 0.560. The molecule has 1 N–H and O–H groups in total. The van der Waals surface area contributed by atoms with Crippen molar-refractivity contribution >= 4 is 39.1 Å². The van der Waals surface area contributed by atoms with Crippen LogP contribution in [0.15, 0.2) is 34.8 Å². The Morgan fingerprint density at radius 2 is 1.90 bits per heavy atom. The van der Waals surface area contributed by atoms with Gasteiger partial charge in [0.1, 0.15) is 11.6 Å². The van der Waals surface area contributed by atoms with E-state index >= 15 is 0 Å². The van der Waals surface area contributed by atoms with Crippen molar-refractivity contribution in [3.63, 3.8) is 0 Å². The fourth-order valence-electron chi connectivity index (χ4n) is 1.98. The Morgan fingerprint density at radius 3 is 2.62 bits per heavy atom. The Kier molecular flexibility index (Phi) is 5.60. The minimum Gasteiger partial charge on any atom is -0.306 e. The molecule has 0 aromatic heterocycles. The van der Waals surface area contributed by atoms with Crippen molar-refractivity contribution < 1.29 is 8.78 Å². The average molecular weight is 395 g/mol. The number of nitrogens with one attached hydrogen (secondary N) is 1. The Hall–Kier alpha value is -0.680. The highest BCUT2D eigenvalue weighted by atomic mass is 79.9. The summed E-state index contributed by atoms with van der Waals surface area (Å²) in [4.78, 5) is 0. The Balaban J connectivity index is 2.17. The SMILES string of the molecule is CC(NCc1cc(F)ccc1Br)c1c(Cl)ccc(F)c1Cl. The van der Waals surface area contributed by atoms with E-state index in [1.54, 1.807) is 6.07 Å². The average Bonchev–Trinajstić information content (AvgIpc) is 2.44. The molecule has 0 heterocycles. The zero-order valence-corrected chi connectivity index (χ0v) is 14.2. The maximum Gasteiger partial charge on any atom is 0.142 e. The molecule has 112 valence electrons. The molecule has 1 unspecified atom stereocenters. The summed E-state index contributed by atoms with van der Waals surface area (Å²) in [6, 6.07) is 6.85. The quantitative estimate of drug-likeness (QED) is 0.638. The molecule has 0 amide bonds. The van der Waals surface area contributed by atoms with E-state index in [0.29, 0.717) is 17.1 Å². The second-order valence-electron chi connectivity index (χ2n) is 4.60. The first-order valence-electron chi connectivity index (χ1n) is 6.21. The molecule has 1 atom stereocenters. The lowest BCUT2D eigenvalue weighted by Crippen LogP contribution is -2.19. The molecule has 0 aliphatic rings. The van der Waals surface area contributed by atoms with Gasteiger partial charge in [0.25, 0.3) is 0 Å². The van der Waals surface area contributed by atoms with Gasteiger partial charge in [-0.2, -0.15) is 0 Å². The molecule has 2 aromatic carbocycles. The van der Waals surface area contributed by atoms with Gasteiger partial charge in [0.05, 0.1) is 5.02 Å². The van der Waals surface area contributed by atoms with Gasteiger partial charge in [-0.15, -0.1) is 0 Å². The zero-order chi connectivity index (χ0) is 15.6. The third-order valence-electron chi connectivity index (χ3n) is 3.12. The standard InChI is InChI=1S/C15H12BrCl2F2N/c1-8(14-12(17)4-5-13(20)15(14)18)21-7-9-6-10(19)2-3-11(9)16/h2-6,8,21H,7H2,1H3. The van der Waals surface area contributed by atoms with Crippen molar-refractivity contribution in [2.24, 2.45) is 0 Å². The van der Waals surface area contributed by atoms with E-state index in [1.807, 2.05) is 6.92 Å². The van der Waals surface area contributed by atoms with E-state index in [9.17, 15) is 8.78 Å². The van der Waals surface area contributed by atoms with Crippen LogP contribution < -0.4 is 5.32 Å². The minimum atomic E-state index is -0.517. The van der Waals surface area contributed by atoms with Crippen molar-refractivity contribution in [2.75, 3.05) is 0 Å². The number of benzene rings is 2. The largest absolute Gasteiger partial charge is 0.306 e. The Morgan fingerprint density at radius 1 is 1.19 bits per heavy atom. The smallest absolute Gasteiger partial charge is 0.142 e. The highest BCUT2D eigenvalue weighted by molar-refractivity contribution is 9.10. The molecule has 0 saturated heterocycles. The lowest BCUT2D eigenvalue weighted by Gasteiger charge is -2.18. The number of halogens is 5. The van der Waals surface area contributed by atoms with Gasteiger partial charge < -0.3 is 5.32 Å². The van der Waals surface area contributed by atoms with Crippen LogP contribution >= 0.6 is 39.1 Å². The van der Waals surface area contributed by atoms with Gasteiger partial charge in [0, 0.05) is 27.6 Å². The van der Waals surface area contributed by atoms with Gasteiger partial charge >= 0.3 is 0 Å². The van der Waals surface area contributed by atoms with Crippen LogP contribution in [0, 0.1) is 11.6 Å². The highest BCUT2D eigenvalue weighted by Crippen LogP contribution is 2.32. The van der Waals surface area contributed by atoms with Gasteiger partial charge in [-0.25, -0.2) is 8.78 Å². The second-order valence-corrected chi connectivity index (χ2v) is 6.23. The van der Waals surface area contributed by atoms with Crippen LogP contribution in [0.4, 0.5) is 8.78 Å². The first kappa shape index (κ1) is 16.7. The molecule has 1 nitrogen and oxygen atoms in total. The Bertz CT molecular complexity index is 664. The normalized spacial score (nSPS) is 12.5. The van der Waals surface area contributed by atoms with Gasteiger partial charge in [-0.1, -0.05) is 39.1 Å². The zero-order valence-electron chi connectivity index (χ0n) is 11.1. The minimum absolute atomic E-state index is 0.000748. The number of rotatable bonds is 4. The van der Waals surface area contributed by atoms with E-state index in [-0.39, 0.29) is 16.9 Å². The summed E-state index contributed by atoms with van der Waals surface area (Å²) in [6.07, 6.45) is 0. The van der Waals surface area contributed by atoms with Crippen LogP contribution in [0.25, 0.3) is 0 Å². The molecule has 2 aromatic rings. The summed E-state index contributed by atoms with van der Waals surface area (Å²) >= 11 is 15.4. The topological polar surface area (TPSA) is 12.0 Å². The summed E-state index contributed by atoms with van der Waals surface area (Å²) in [5.41, 5.74) is 1.25. The molecule has 0 spiro atoms. The third kappa shape index (κ3) is 3.95. The molecular weight excluding hydrogens is 383 g/mol. The molecule has 2 rings (SSSR count). The van der Waals surface area contributed by atoms with Crippen molar-refractivity contribution in [1.82, 2.24) is 5.32 Å². The lowest BCUT2D eigenvalue weighted by atomic mass is 10.1. The molecular formula is C15H12BrCl2F2N. The fourth-order valence-corrected chi connectivity index (χ4v) is 3.07. The summed E-state index contributed by atoms with van der Waals surface area (Å²) in [7, 11) is 0. The molecule has 21 heavy (non-hydrogen) atoms. The molecule has 0 aliphatic heterocycles. The van der Waals surface area contributed by atoms with Gasteiger partial charge in [-0.3, -0.25) is 0 Å². The maximum atomic E-state index is 13.5. The van der Waals surface area contributed by atoms with Crippen molar-refractivity contribution in [2.45, 2.75) is 19.5 Å². The summed E-state index contributed by atoms with van der Waals surface area (Å²) in [5.74, 6) is -0.832. The third-order valence-corrected chi connectivity index (χ3v) is 4.61. The van der Waals surface area contributed by atoms with E-state index < -0.39 is 5.82 Å². The predicted octanol–water partition coefficient (Wildman–Crippen LogP) is 5.88. The van der Waals surface area contributed by atoms with Gasteiger partial charge in [0.2, 0.25) is 0 Å². The first-order valence-corrected chi connectivity index (χ1v) is 7.75. The summed E-state index contributed by atoms with van der Waals surface area (Å²) < 4.78 is 27.6. The van der Waals surface area contributed by atoms with Crippen molar-refractivity contribution in [1.29, 1.82) is 0 Å². The summed E-state index contributed by atoms with van der Waals surface area (Å²) in [5, 5.41) is 3.55. The molecule has 6 heteroatoms. The van der Waals surface area contributed by atoms with Crippen LogP contribution in [-0.2, 0) is 6.54 Å². The highest BCUT2D eigenvalue weighted by Gasteiger charge is 2.17. The maximum absolute atomic E-state index is 13.5. The van der Waals surface area contributed by atoms with E-state index in [4.69, 9.17) is 23.2 Å². The van der Waals surface area contributed by atoms with Gasteiger partial charge in [0.15, 0.2) is 0 Å². The van der Waals surface area contributed by atoms with Gasteiger partial charge in [-0.05, 0) is 42.8 Å². The molecule has 0 bridgehead atoms. The van der Waals surface area contributed by atoms with Crippen LogP contribution in [0.5, 0.6) is 0 Å². The summed E-state index contributed by atoms with van der Waals surface area (Å²) in [6.45, 7) is 2.21. The fraction of sp³-hybridized carbons (Fsp3) is 0.200. The van der Waals surface area contributed by atoms with Crippen LogP contribution in [0.2, 0.25) is 10.0 Å². The predicted molar refractivity (Wildman–Crippen MR) is 85.8 cm³/mol. The molecule has 0 fully saturated rings. The number of hydrogen-bond acceptors (Lipinski definition) is 1. The molecule has 0 radical (unpaired) electrons. The number of hydrogen-bond donors (Lipinski definition) is 1. The monoisotopic (exact) mass is 393 g/mol. The Labute approximate surface area is 140 Å². The molecule has 0 aliphatic carbocycles. The van der Waals surface area contributed by atoms with Crippen LogP contribution in [0.3, 0.4) is 0 Å². The second kappa shape index (κ2) is 7.05. The first-order chi connectivity index (χ1) is 9.90. The van der Waals surface area contributed by atoms with Crippen molar-refractivity contribution in [3.8, 4) is 0 Å². The van der Waals surface area contributed by atoms with E-state index in [1.165, 1.54) is 24.3 Å². The van der Waals surface area contributed by atoms with Crippen LogP contribution in [-0.4, -0.2) is 0 Å². The van der Waals surface area contributed by atoms with E-state index in [0.717, 1.165) is 10.0 Å². The van der Waals surface area contributed by atoms with Crippen LogP contribution in [0.1, 0.15) is 24.1 Å². The molecule has 0 saturated carbocycles.